The minimum Gasteiger partial charge on any atom is -0.508 e. The highest BCUT2D eigenvalue weighted by molar-refractivity contribution is 8.00. The SMILES string of the molecule is CCCCC1C(=O)N(C)CC(=O)NC(CC(=O)O)C(=O)NC(C(C)C)C(=O)N(C)C(Cc2ccccc2)C(=O)NC(Cc2ccc(O)cc2)C(=O)N(C)CC(=O)NC(Cc2c[nH]c3ccccc23)C(=O)NC(Cc2ccc(O)cc2)C(=O)NC(CC(C)C)C(=O)NC(C(=O)NCC(N)=O)CSCC(=O)NC(Cc2cccc(OC)c2)C(=O)N(C)C(Cc2ccccc2)C(=O)N1C. The number of ether oxygens (including phenoxy) is 1. The fourth-order valence-electron chi connectivity index (χ4n) is 15.1. The van der Waals surface area contributed by atoms with Crippen LogP contribution in [0.1, 0.15) is 100 Å². The van der Waals surface area contributed by atoms with Gasteiger partial charge in [0, 0.05) is 96.6 Å². The number of unbranched alkanes of at least 4 members (excludes halogenated alkanes) is 1. The number of aromatic amines is 1. The number of hydrogen-bond donors (Lipinski definition) is 14. The average Bonchev–Trinajstić information content (AvgIpc) is 1.35. The Balaban J connectivity index is 1.22. The highest BCUT2D eigenvalue weighted by atomic mass is 32.2. The van der Waals surface area contributed by atoms with Crippen LogP contribution in [0.4, 0.5) is 0 Å². The van der Waals surface area contributed by atoms with Crippen LogP contribution in [0.25, 0.3) is 10.9 Å². The Kier molecular flexibility index (Phi) is 38.8. The third-order valence-electron chi connectivity index (χ3n) is 22.4. The number of carbonyl (C=O) groups excluding carboxylic acids is 15. The molecule has 1 saturated heterocycles. The van der Waals surface area contributed by atoms with Crippen molar-refractivity contribution in [1.82, 2.24) is 77.3 Å². The van der Waals surface area contributed by atoms with E-state index >= 15 is 43.2 Å². The van der Waals surface area contributed by atoms with Crippen LogP contribution in [0, 0.1) is 11.8 Å². The number of fused-ring (bicyclic) bond motifs is 1. The van der Waals surface area contributed by atoms with Gasteiger partial charge < -0.3 is 103 Å². The number of primary amides is 1. The molecule has 15 N–H and O–H groups in total. The second kappa shape index (κ2) is 49.6. The molecule has 0 bridgehead atoms. The van der Waals surface area contributed by atoms with E-state index in [0.29, 0.717) is 62.9 Å². The van der Waals surface area contributed by atoms with Crippen LogP contribution in [-0.4, -0.2) is 279 Å². The zero-order valence-electron chi connectivity index (χ0n) is 75.4. The van der Waals surface area contributed by atoms with Crippen molar-refractivity contribution < 1.29 is 96.8 Å². The fraction of sp³-hybridized carbons (Fsp3) is 0.426. The fourth-order valence-corrected chi connectivity index (χ4v) is 16.0. The molecule has 6 aromatic carbocycles. The first-order chi connectivity index (χ1) is 62.3. The molecule has 7 aromatic rings. The van der Waals surface area contributed by atoms with Crippen LogP contribution in [0.3, 0.4) is 0 Å². The Morgan fingerprint density at radius 3 is 1.54 bits per heavy atom. The van der Waals surface area contributed by atoms with Crippen LogP contribution in [0.2, 0.25) is 0 Å². The molecule has 0 radical (unpaired) electrons. The Morgan fingerprint density at radius 2 is 0.969 bits per heavy atom. The smallest absolute Gasteiger partial charge is 0.305 e. The summed E-state index contributed by atoms with van der Waals surface area (Å²) in [6.07, 6.45) is -0.0643. The molecule has 8 rings (SSSR count). The van der Waals surface area contributed by atoms with E-state index in [-0.39, 0.29) is 68.8 Å². The molecule has 1 aromatic heterocycles. The number of H-pyrrole nitrogens is 1. The summed E-state index contributed by atoms with van der Waals surface area (Å²) in [5, 5.41) is 55.6. The summed E-state index contributed by atoms with van der Waals surface area (Å²) in [5.41, 5.74) is 9.00. The summed E-state index contributed by atoms with van der Waals surface area (Å²) in [6.45, 7) is 6.14. The van der Waals surface area contributed by atoms with Gasteiger partial charge in [0.05, 0.1) is 38.9 Å². The molecule has 15 amide bonds. The molecule has 2 heterocycles. The van der Waals surface area contributed by atoms with E-state index < -0.39 is 205 Å². The number of thioether (sulfide) groups is 1. The van der Waals surface area contributed by atoms with Crippen LogP contribution < -0.4 is 58.3 Å². The maximum Gasteiger partial charge on any atom is 0.305 e. The van der Waals surface area contributed by atoms with Crippen molar-refractivity contribution in [3.05, 3.63) is 197 Å². The number of nitrogens with zero attached hydrogens (tertiary/aromatic N) is 5. The first kappa shape index (κ1) is 103. The van der Waals surface area contributed by atoms with Crippen molar-refractivity contribution in [3.63, 3.8) is 0 Å². The number of aromatic nitrogens is 1. The number of likely N-dealkylation sites (N-methyl/N-ethyl adjacent to an activating group) is 5. The van der Waals surface area contributed by atoms with Gasteiger partial charge in [-0.25, -0.2) is 0 Å². The summed E-state index contributed by atoms with van der Waals surface area (Å²) in [5.74, 6) is -17.3. The Bertz CT molecular complexity index is 5160. The number of rotatable bonds is 24. The Morgan fingerprint density at radius 1 is 0.489 bits per heavy atom. The molecule has 11 unspecified atom stereocenters. The normalized spacial score (nSPS) is 21.7. The predicted octanol–water partition coefficient (Wildman–Crippen LogP) is 2.34. The second-order valence-corrected chi connectivity index (χ2v) is 34.5. The van der Waals surface area contributed by atoms with Crippen LogP contribution in [0.15, 0.2) is 164 Å². The largest absolute Gasteiger partial charge is 0.508 e. The van der Waals surface area contributed by atoms with E-state index in [0.717, 1.165) is 36.3 Å². The van der Waals surface area contributed by atoms with Crippen molar-refractivity contribution in [2.24, 2.45) is 17.6 Å². The van der Waals surface area contributed by atoms with E-state index in [9.17, 15) is 48.9 Å². The molecular weight excluding hydrogens is 1710 g/mol. The molecule has 702 valence electrons. The molecule has 1 aliphatic rings. The number of para-hydroxylation sites is 1. The maximum absolute atomic E-state index is 15.6. The van der Waals surface area contributed by atoms with Gasteiger partial charge in [-0.2, -0.15) is 0 Å². The second-order valence-electron chi connectivity index (χ2n) is 33.4. The molecule has 0 aliphatic carbocycles. The summed E-state index contributed by atoms with van der Waals surface area (Å²) < 4.78 is 5.52. The molecule has 1 fully saturated rings. The van der Waals surface area contributed by atoms with E-state index in [1.165, 1.54) is 90.9 Å². The van der Waals surface area contributed by atoms with Gasteiger partial charge in [0.1, 0.15) is 83.7 Å². The van der Waals surface area contributed by atoms with E-state index in [1.807, 2.05) is 6.92 Å². The van der Waals surface area contributed by atoms with Gasteiger partial charge in [-0.3, -0.25) is 76.7 Å². The third kappa shape index (κ3) is 30.9. The summed E-state index contributed by atoms with van der Waals surface area (Å²) in [7, 11) is 7.94. The van der Waals surface area contributed by atoms with Crippen molar-refractivity contribution in [2.45, 2.75) is 172 Å². The van der Waals surface area contributed by atoms with Crippen LogP contribution in [0.5, 0.6) is 17.2 Å². The number of amides is 15. The lowest BCUT2D eigenvalue weighted by Crippen LogP contribution is -2.61. The molecule has 1 aliphatic heterocycles. The van der Waals surface area contributed by atoms with Crippen LogP contribution in [-0.2, 0) is 115 Å². The molecule has 37 heteroatoms. The molecular formula is C94H120N16O20S. The number of phenolic OH excluding ortho intramolecular Hbond substituents is 2. The lowest BCUT2D eigenvalue weighted by Gasteiger charge is -2.37. The summed E-state index contributed by atoms with van der Waals surface area (Å²) in [6, 6.07) is 25.0. The van der Waals surface area contributed by atoms with E-state index in [1.54, 1.807) is 143 Å². The number of aliphatic carboxylic acids is 1. The molecule has 36 nitrogen and oxygen atoms in total. The highest BCUT2D eigenvalue weighted by Gasteiger charge is 2.42. The lowest BCUT2D eigenvalue weighted by atomic mass is 9.98. The number of hydrogen-bond acceptors (Lipinski definition) is 20. The summed E-state index contributed by atoms with van der Waals surface area (Å²) >= 11 is 0.815. The van der Waals surface area contributed by atoms with E-state index in [2.05, 4.69) is 52.8 Å². The topological polar surface area (TPSA) is 509 Å². The van der Waals surface area contributed by atoms with E-state index in [4.69, 9.17) is 10.5 Å². The number of carboxylic acid groups (broad SMARTS) is 1. The van der Waals surface area contributed by atoms with Crippen molar-refractivity contribution in [2.75, 3.05) is 73.5 Å². The van der Waals surface area contributed by atoms with Gasteiger partial charge in [0.2, 0.25) is 88.6 Å². The number of benzene rings is 6. The highest BCUT2D eigenvalue weighted by Crippen LogP contribution is 2.25. The van der Waals surface area contributed by atoms with Crippen molar-refractivity contribution in [3.8, 4) is 17.2 Å². The van der Waals surface area contributed by atoms with Gasteiger partial charge in [-0.05, 0) is 101 Å². The predicted molar refractivity (Wildman–Crippen MR) is 489 cm³/mol. The van der Waals surface area contributed by atoms with Crippen molar-refractivity contribution >= 4 is 117 Å². The monoisotopic (exact) mass is 1820 g/mol. The van der Waals surface area contributed by atoms with Crippen LogP contribution >= 0.6 is 11.8 Å². The number of nitrogens with two attached hydrogens (primary N) is 1. The molecule has 11 atom stereocenters. The van der Waals surface area contributed by atoms with Gasteiger partial charge in [0.25, 0.3) is 0 Å². The number of carbonyl (C=O) groups is 16. The lowest BCUT2D eigenvalue weighted by molar-refractivity contribution is -0.151. The number of nitrogens with one attached hydrogen (secondary N) is 10. The number of aromatic hydroxyl groups is 2. The number of carboxylic acids is 1. The first-order valence-electron chi connectivity index (χ1n) is 43.2. The Hall–Kier alpha value is -13.9. The van der Waals surface area contributed by atoms with Gasteiger partial charge >= 0.3 is 5.97 Å². The minimum atomic E-state index is -1.91. The third-order valence-corrected chi connectivity index (χ3v) is 23.4. The molecule has 131 heavy (non-hydrogen) atoms. The maximum atomic E-state index is 15.6. The minimum absolute atomic E-state index is 0.0178. The summed E-state index contributed by atoms with van der Waals surface area (Å²) in [4.78, 5) is 244. The zero-order chi connectivity index (χ0) is 95.9. The molecule has 0 saturated carbocycles. The zero-order valence-corrected chi connectivity index (χ0v) is 76.2. The van der Waals surface area contributed by atoms with Gasteiger partial charge in [0.15, 0.2) is 0 Å². The van der Waals surface area contributed by atoms with Gasteiger partial charge in [-0.1, -0.05) is 163 Å². The number of methoxy groups -OCH3 is 1. The quantitative estimate of drug-likeness (QED) is 0.0413. The van der Waals surface area contributed by atoms with Gasteiger partial charge in [-0.15, -0.1) is 11.8 Å². The average molecular weight is 1830 g/mol. The Labute approximate surface area is 764 Å². The first-order valence-corrected chi connectivity index (χ1v) is 44.3. The number of phenols is 2. The molecule has 0 spiro atoms. The van der Waals surface area contributed by atoms with Crippen molar-refractivity contribution in [1.29, 1.82) is 0 Å². The standard InChI is InChI=1S/C94H120N16O20S/c1-12-13-31-75-92(127)107(7)52-80(115)99-71(48-82(117)118)88(123)105-83(56(4)5)94(129)109(9)76(45-57-23-16-14-17-24-57)89(124)103-72(43-60-34-38-64(112)39-35-60)90(125)106(6)51-79(114)98-70(47-62-49-96-67-30-21-20-29-66(62)67)87(122)102-69(42-59-32-36-63(111)37-33-59)86(121)101-68(40-55(2)3)85(120)104-74(84(119)97-50-78(95)113)53-131-54-81(116)100-73(44-61-27-22-28-65(41-61)130-11)91(126)110(10)77(93(128)108(75)8)46-58-25-18-15-19-26-58/h14-30,32-39,41,49,55-56,68-77,83,96,111-112H,12-13,31,40,42-48,50-54H2,1-11H3,(H2,95,113)(H,97,119)(H,98,114)(H,99,115)(H,100,116)(H,101,121)(H,102,122)(H,103,124)(H,104,120)(H,105,123)(H,117,118).